The summed E-state index contributed by atoms with van der Waals surface area (Å²) in [7, 11) is 0. The molecule has 2 aromatic heterocycles. The van der Waals surface area contributed by atoms with E-state index in [1.165, 1.54) is 12.3 Å². The van der Waals surface area contributed by atoms with Crippen LogP contribution in [0.3, 0.4) is 0 Å². The molecular formula is C15H16F3N3O2S. The highest BCUT2D eigenvalue weighted by atomic mass is 32.2. The van der Waals surface area contributed by atoms with E-state index >= 15 is 0 Å². The van der Waals surface area contributed by atoms with Crippen LogP contribution < -0.4 is 5.32 Å². The van der Waals surface area contributed by atoms with Gasteiger partial charge in [-0.25, -0.2) is 9.97 Å². The van der Waals surface area contributed by atoms with E-state index in [1.807, 2.05) is 13.8 Å². The van der Waals surface area contributed by atoms with Gasteiger partial charge in [-0.3, -0.25) is 4.79 Å². The topological polar surface area (TPSA) is 68.0 Å². The van der Waals surface area contributed by atoms with E-state index in [9.17, 15) is 18.0 Å². The van der Waals surface area contributed by atoms with Crippen molar-refractivity contribution in [3.05, 3.63) is 30.2 Å². The third-order valence-corrected chi connectivity index (χ3v) is 3.97. The number of carbonyl (C=O) groups is 1. The molecule has 5 nitrogen and oxygen atoms in total. The molecule has 0 spiro atoms. The Kier molecular flexibility index (Phi) is 5.87. The molecule has 0 aromatic carbocycles. The summed E-state index contributed by atoms with van der Waals surface area (Å²) in [4.78, 5) is 19.3. The predicted octanol–water partition coefficient (Wildman–Crippen LogP) is 3.76. The fourth-order valence-electron chi connectivity index (χ4n) is 1.73. The van der Waals surface area contributed by atoms with Crippen molar-refractivity contribution in [3.8, 4) is 11.5 Å². The van der Waals surface area contributed by atoms with Crippen LogP contribution in [0.25, 0.3) is 11.5 Å². The molecule has 1 N–H and O–H groups in total. The number of rotatable bonds is 6. The number of carbonyl (C=O) groups excluding carboxylic acids is 1. The SMILES string of the molecule is CC[C@@H](C)NC(=O)CSc1nc(-c2ccco2)cc(C(F)(F)F)n1. The fourth-order valence-corrected chi connectivity index (χ4v) is 2.40. The Balaban J connectivity index is 2.20. The quantitative estimate of drug-likeness (QED) is 0.628. The Morgan fingerprint density at radius 1 is 1.42 bits per heavy atom. The third kappa shape index (κ3) is 4.98. The maximum Gasteiger partial charge on any atom is 0.433 e. The zero-order valence-electron chi connectivity index (χ0n) is 13.1. The summed E-state index contributed by atoms with van der Waals surface area (Å²) in [6, 6.07) is 3.88. The van der Waals surface area contributed by atoms with Gasteiger partial charge in [0.15, 0.2) is 10.9 Å². The molecule has 2 rings (SSSR count). The molecule has 24 heavy (non-hydrogen) atoms. The number of hydrogen-bond acceptors (Lipinski definition) is 5. The van der Waals surface area contributed by atoms with E-state index < -0.39 is 11.9 Å². The number of thioether (sulfide) groups is 1. The van der Waals surface area contributed by atoms with Crippen molar-refractivity contribution in [1.82, 2.24) is 15.3 Å². The fraction of sp³-hybridized carbons (Fsp3) is 0.400. The molecule has 0 unspecified atom stereocenters. The zero-order chi connectivity index (χ0) is 17.7. The molecule has 0 saturated heterocycles. The lowest BCUT2D eigenvalue weighted by Gasteiger charge is -2.11. The van der Waals surface area contributed by atoms with Gasteiger partial charge in [0.1, 0.15) is 11.4 Å². The Labute approximate surface area is 141 Å². The maximum atomic E-state index is 13.0. The molecule has 130 valence electrons. The van der Waals surface area contributed by atoms with Crippen molar-refractivity contribution in [3.63, 3.8) is 0 Å². The largest absolute Gasteiger partial charge is 0.463 e. The summed E-state index contributed by atoms with van der Waals surface area (Å²) in [5.41, 5.74) is -1.05. The minimum atomic E-state index is -4.61. The number of alkyl halides is 3. The standard InChI is InChI=1S/C15H16F3N3O2S/c1-3-9(2)19-13(22)8-24-14-20-10(11-5-4-6-23-11)7-12(21-14)15(16,17)18/h4-7,9H,3,8H2,1-2H3,(H,19,22)/t9-/m1/s1. The van der Waals surface area contributed by atoms with Gasteiger partial charge in [0, 0.05) is 6.04 Å². The Morgan fingerprint density at radius 3 is 2.75 bits per heavy atom. The van der Waals surface area contributed by atoms with E-state index in [-0.39, 0.29) is 34.3 Å². The molecule has 1 atom stereocenters. The Bertz CT molecular complexity index is 690. The van der Waals surface area contributed by atoms with Crippen molar-refractivity contribution < 1.29 is 22.4 Å². The van der Waals surface area contributed by atoms with Crippen molar-refractivity contribution in [2.75, 3.05) is 5.75 Å². The molecule has 0 radical (unpaired) electrons. The number of nitrogens with zero attached hydrogens (tertiary/aromatic N) is 2. The molecular weight excluding hydrogens is 343 g/mol. The number of hydrogen-bond donors (Lipinski definition) is 1. The second-order valence-electron chi connectivity index (χ2n) is 5.06. The van der Waals surface area contributed by atoms with Crippen LogP contribution in [0.5, 0.6) is 0 Å². The van der Waals surface area contributed by atoms with Gasteiger partial charge >= 0.3 is 6.18 Å². The second kappa shape index (κ2) is 7.69. The predicted molar refractivity (Wildman–Crippen MR) is 83.4 cm³/mol. The Morgan fingerprint density at radius 2 is 2.17 bits per heavy atom. The number of amides is 1. The van der Waals surface area contributed by atoms with Crippen molar-refractivity contribution in [2.45, 2.75) is 37.6 Å². The summed E-state index contributed by atoms with van der Waals surface area (Å²) in [5, 5.41) is 2.60. The first-order chi connectivity index (χ1) is 11.3. The van der Waals surface area contributed by atoms with Gasteiger partial charge in [-0.1, -0.05) is 18.7 Å². The molecule has 2 aromatic rings. The van der Waals surface area contributed by atoms with Crippen molar-refractivity contribution in [1.29, 1.82) is 0 Å². The van der Waals surface area contributed by atoms with E-state index in [4.69, 9.17) is 4.42 Å². The first kappa shape index (κ1) is 18.3. The van der Waals surface area contributed by atoms with Crippen LogP contribution in [0, 0.1) is 0 Å². The lowest BCUT2D eigenvalue weighted by Crippen LogP contribution is -2.33. The highest BCUT2D eigenvalue weighted by Crippen LogP contribution is 2.32. The molecule has 0 bridgehead atoms. The van der Waals surface area contributed by atoms with E-state index in [0.717, 1.165) is 24.2 Å². The molecule has 0 saturated carbocycles. The van der Waals surface area contributed by atoms with Crippen LogP contribution in [-0.2, 0) is 11.0 Å². The van der Waals surface area contributed by atoms with Crippen molar-refractivity contribution >= 4 is 17.7 Å². The van der Waals surface area contributed by atoms with Crippen LogP contribution in [0.15, 0.2) is 34.0 Å². The van der Waals surface area contributed by atoms with Gasteiger partial charge < -0.3 is 9.73 Å². The number of nitrogens with one attached hydrogen (secondary N) is 1. The maximum absolute atomic E-state index is 13.0. The van der Waals surface area contributed by atoms with Gasteiger partial charge in [-0.2, -0.15) is 13.2 Å². The monoisotopic (exact) mass is 359 g/mol. The highest BCUT2D eigenvalue weighted by molar-refractivity contribution is 7.99. The second-order valence-corrected chi connectivity index (χ2v) is 6.00. The summed E-state index contributed by atoms with van der Waals surface area (Å²) in [6.07, 6.45) is -2.51. The number of aromatic nitrogens is 2. The van der Waals surface area contributed by atoms with Crippen LogP contribution in [0.1, 0.15) is 26.0 Å². The van der Waals surface area contributed by atoms with Crippen LogP contribution in [0.4, 0.5) is 13.2 Å². The molecule has 2 heterocycles. The summed E-state index contributed by atoms with van der Waals surface area (Å²) >= 11 is 0.847. The van der Waals surface area contributed by atoms with E-state index in [1.54, 1.807) is 6.07 Å². The normalized spacial score (nSPS) is 12.9. The molecule has 0 fully saturated rings. The van der Waals surface area contributed by atoms with Gasteiger partial charge in [0.2, 0.25) is 5.91 Å². The lowest BCUT2D eigenvalue weighted by atomic mass is 10.2. The van der Waals surface area contributed by atoms with Crippen molar-refractivity contribution in [2.24, 2.45) is 0 Å². The first-order valence-corrected chi connectivity index (χ1v) is 8.20. The average Bonchev–Trinajstić information content (AvgIpc) is 3.06. The summed E-state index contributed by atoms with van der Waals surface area (Å²) < 4.78 is 44.1. The molecule has 0 aliphatic carbocycles. The summed E-state index contributed by atoms with van der Waals surface area (Å²) in [6.45, 7) is 3.77. The molecule has 0 aliphatic rings. The Hall–Kier alpha value is -2.03. The third-order valence-electron chi connectivity index (χ3n) is 3.12. The van der Waals surface area contributed by atoms with Crippen LogP contribution >= 0.6 is 11.8 Å². The van der Waals surface area contributed by atoms with Crippen LogP contribution in [0.2, 0.25) is 0 Å². The number of halogens is 3. The van der Waals surface area contributed by atoms with Gasteiger partial charge in [-0.05, 0) is 31.5 Å². The summed E-state index contributed by atoms with van der Waals surface area (Å²) in [5.74, 6) is -0.146. The van der Waals surface area contributed by atoms with Gasteiger partial charge in [0.25, 0.3) is 0 Å². The number of furan rings is 1. The van der Waals surface area contributed by atoms with Gasteiger partial charge in [0.05, 0.1) is 12.0 Å². The van der Waals surface area contributed by atoms with Gasteiger partial charge in [-0.15, -0.1) is 0 Å². The minimum absolute atomic E-state index is 0.000734. The first-order valence-electron chi connectivity index (χ1n) is 7.22. The lowest BCUT2D eigenvalue weighted by molar-refractivity contribution is -0.141. The average molecular weight is 359 g/mol. The molecule has 0 aliphatic heterocycles. The highest BCUT2D eigenvalue weighted by Gasteiger charge is 2.34. The van der Waals surface area contributed by atoms with Crippen LogP contribution in [-0.4, -0.2) is 27.7 Å². The smallest absolute Gasteiger partial charge is 0.433 e. The van der Waals surface area contributed by atoms with E-state index in [0.29, 0.717) is 0 Å². The molecule has 9 heteroatoms. The minimum Gasteiger partial charge on any atom is -0.463 e. The zero-order valence-corrected chi connectivity index (χ0v) is 13.9. The van der Waals surface area contributed by atoms with E-state index in [2.05, 4.69) is 15.3 Å². The molecule has 1 amide bonds.